The first-order valence-corrected chi connectivity index (χ1v) is 6.63. The van der Waals surface area contributed by atoms with Gasteiger partial charge in [-0.25, -0.2) is 4.99 Å². The molecule has 0 atom stereocenters. The Labute approximate surface area is 120 Å². The summed E-state index contributed by atoms with van der Waals surface area (Å²) >= 11 is 1.46. The normalized spacial score (nSPS) is 10.7. The van der Waals surface area contributed by atoms with Gasteiger partial charge in [0.25, 0.3) is 5.69 Å². The highest BCUT2D eigenvalue weighted by molar-refractivity contribution is 7.16. The lowest BCUT2D eigenvalue weighted by Gasteiger charge is -1.93. The van der Waals surface area contributed by atoms with Gasteiger partial charge in [0.1, 0.15) is 11.1 Å². The lowest BCUT2D eigenvalue weighted by molar-refractivity contribution is -0.384. The highest BCUT2D eigenvalue weighted by atomic mass is 32.1. The van der Waals surface area contributed by atoms with Gasteiger partial charge in [0.15, 0.2) is 0 Å². The molecule has 0 N–H and O–H groups in total. The Morgan fingerprint density at radius 2 is 2.00 bits per heavy atom. The second-order valence-corrected chi connectivity index (χ2v) is 5.39. The maximum atomic E-state index is 10.6. The number of rotatable bonds is 3. The van der Waals surface area contributed by atoms with Gasteiger partial charge in [-0.1, -0.05) is 0 Å². The minimum absolute atomic E-state index is 0.0441. The van der Waals surface area contributed by atoms with E-state index < -0.39 is 4.92 Å². The Morgan fingerprint density at radius 3 is 2.55 bits per heavy atom. The van der Waals surface area contributed by atoms with Crippen LogP contribution in [-0.2, 0) is 0 Å². The van der Waals surface area contributed by atoms with Crippen molar-refractivity contribution in [1.82, 2.24) is 0 Å². The van der Waals surface area contributed by atoms with Crippen LogP contribution < -0.4 is 0 Å². The van der Waals surface area contributed by atoms with Gasteiger partial charge in [-0.2, -0.15) is 5.26 Å². The maximum absolute atomic E-state index is 10.6. The number of aliphatic imine (C=N–C) groups is 1. The Bertz CT molecular complexity index is 724. The van der Waals surface area contributed by atoms with E-state index >= 15 is 0 Å². The molecule has 5 nitrogen and oxygen atoms in total. The number of thiophene rings is 1. The molecule has 1 heterocycles. The van der Waals surface area contributed by atoms with E-state index in [4.69, 9.17) is 5.26 Å². The van der Waals surface area contributed by atoms with Gasteiger partial charge in [0.2, 0.25) is 0 Å². The number of benzene rings is 1. The number of nitrogens with zero attached hydrogens (tertiary/aromatic N) is 3. The third-order valence-corrected chi connectivity index (χ3v) is 4.03. The molecule has 0 bridgehead atoms. The van der Waals surface area contributed by atoms with Crippen molar-refractivity contribution in [2.75, 3.05) is 0 Å². The summed E-state index contributed by atoms with van der Waals surface area (Å²) in [7, 11) is 0. The van der Waals surface area contributed by atoms with E-state index in [2.05, 4.69) is 11.1 Å². The number of aryl methyl sites for hydroxylation is 1. The molecule has 20 heavy (non-hydrogen) atoms. The predicted octanol–water partition coefficient (Wildman–Crippen LogP) is 3.90. The average Bonchev–Trinajstić information content (AvgIpc) is 2.71. The molecule has 0 spiro atoms. The zero-order valence-electron chi connectivity index (χ0n) is 11.0. The van der Waals surface area contributed by atoms with E-state index in [0.717, 1.165) is 16.0 Å². The maximum Gasteiger partial charge on any atom is 0.269 e. The summed E-state index contributed by atoms with van der Waals surface area (Å²) in [6.07, 6.45) is 1.61. The van der Waals surface area contributed by atoms with Crippen LogP contribution in [0.2, 0.25) is 0 Å². The molecule has 0 radical (unpaired) electrons. The molecular formula is C14H11N3O2S. The topological polar surface area (TPSA) is 79.3 Å². The van der Waals surface area contributed by atoms with Gasteiger partial charge in [-0.05, 0) is 37.1 Å². The average molecular weight is 285 g/mol. The van der Waals surface area contributed by atoms with Crippen LogP contribution in [0.15, 0.2) is 29.3 Å². The fraction of sp³-hybridized carbons (Fsp3) is 0.143. The summed E-state index contributed by atoms with van der Waals surface area (Å²) in [6.45, 7) is 3.85. The van der Waals surface area contributed by atoms with Crippen LogP contribution in [-0.4, -0.2) is 11.1 Å². The Morgan fingerprint density at radius 1 is 1.35 bits per heavy atom. The van der Waals surface area contributed by atoms with E-state index in [9.17, 15) is 10.1 Å². The van der Waals surface area contributed by atoms with Crippen molar-refractivity contribution in [3.05, 3.63) is 55.9 Å². The molecule has 1 aromatic carbocycles. The fourth-order valence-corrected chi connectivity index (χ4v) is 2.60. The molecule has 2 aromatic rings. The Kier molecular flexibility index (Phi) is 3.91. The second kappa shape index (κ2) is 5.63. The smallest absolute Gasteiger partial charge is 0.258 e. The van der Waals surface area contributed by atoms with Gasteiger partial charge in [-0.15, -0.1) is 11.3 Å². The molecular weight excluding hydrogens is 274 g/mol. The largest absolute Gasteiger partial charge is 0.269 e. The van der Waals surface area contributed by atoms with E-state index in [1.165, 1.54) is 23.5 Å². The minimum atomic E-state index is -0.444. The van der Waals surface area contributed by atoms with Gasteiger partial charge < -0.3 is 0 Å². The molecule has 0 amide bonds. The number of non-ortho nitro benzene ring substituents is 1. The van der Waals surface area contributed by atoms with Crippen molar-refractivity contribution >= 4 is 28.2 Å². The highest BCUT2D eigenvalue weighted by Gasteiger charge is 2.10. The van der Waals surface area contributed by atoms with Gasteiger partial charge in [0.05, 0.1) is 10.5 Å². The van der Waals surface area contributed by atoms with Gasteiger partial charge in [0, 0.05) is 23.2 Å². The van der Waals surface area contributed by atoms with Crippen LogP contribution in [0.1, 0.15) is 21.6 Å². The standard InChI is InChI=1S/C14H11N3O2S/c1-9-10(2)20-14(13(9)7-15)16-8-11-3-5-12(6-4-11)17(18)19/h3-6,8H,1-2H3. The Hall–Kier alpha value is -2.52. The molecule has 0 aliphatic heterocycles. The summed E-state index contributed by atoms with van der Waals surface area (Å²) in [5, 5.41) is 20.3. The first-order valence-electron chi connectivity index (χ1n) is 5.81. The zero-order valence-corrected chi connectivity index (χ0v) is 11.8. The number of hydrogen-bond acceptors (Lipinski definition) is 5. The summed E-state index contributed by atoms with van der Waals surface area (Å²) in [6, 6.07) is 8.26. The third-order valence-electron chi connectivity index (χ3n) is 2.91. The van der Waals surface area contributed by atoms with Crippen LogP contribution in [0.3, 0.4) is 0 Å². The predicted molar refractivity (Wildman–Crippen MR) is 78.9 cm³/mol. The fourth-order valence-electron chi connectivity index (χ4n) is 1.65. The molecule has 0 aliphatic carbocycles. The van der Waals surface area contributed by atoms with Crippen LogP contribution in [0.25, 0.3) is 0 Å². The summed E-state index contributed by atoms with van der Waals surface area (Å²) in [5.74, 6) is 0. The molecule has 0 saturated heterocycles. The lowest BCUT2D eigenvalue weighted by atomic mass is 10.2. The Balaban J connectivity index is 2.28. The molecule has 6 heteroatoms. The minimum Gasteiger partial charge on any atom is -0.258 e. The summed E-state index contributed by atoms with van der Waals surface area (Å²) < 4.78 is 0. The summed E-state index contributed by atoms with van der Waals surface area (Å²) in [5.41, 5.74) is 2.34. The molecule has 0 fully saturated rings. The zero-order chi connectivity index (χ0) is 14.7. The molecule has 0 aliphatic rings. The first kappa shape index (κ1) is 13.9. The lowest BCUT2D eigenvalue weighted by Crippen LogP contribution is -1.88. The van der Waals surface area contributed by atoms with Crippen molar-refractivity contribution < 1.29 is 4.92 Å². The quantitative estimate of drug-likeness (QED) is 0.487. The molecule has 2 rings (SSSR count). The van der Waals surface area contributed by atoms with Crippen molar-refractivity contribution in [3.8, 4) is 6.07 Å². The number of nitriles is 1. The van der Waals surface area contributed by atoms with Crippen molar-refractivity contribution in [2.45, 2.75) is 13.8 Å². The van der Waals surface area contributed by atoms with Gasteiger partial charge >= 0.3 is 0 Å². The first-order chi connectivity index (χ1) is 9.52. The number of hydrogen-bond donors (Lipinski definition) is 0. The highest BCUT2D eigenvalue weighted by Crippen LogP contribution is 2.33. The van der Waals surface area contributed by atoms with Crippen LogP contribution in [0.4, 0.5) is 10.7 Å². The van der Waals surface area contributed by atoms with Crippen LogP contribution in [0.5, 0.6) is 0 Å². The van der Waals surface area contributed by atoms with E-state index in [1.807, 2.05) is 13.8 Å². The number of nitro groups is 1. The number of nitro benzene ring substituents is 1. The molecule has 100 valence electrons. The monoisotopic (exact) mass is 285 g/mol. The van der Waals surface area contributed by atoms with Crippen molar-refractivity contribution in [1.29, 1.82) is 5.26 Å². The van der Waals surface area contributed by atoms with E-state index in [1.54, 1.807) is 18.3 Å². The summed E-state index contributed by atoms with van der Waals surface area (Å²) in [4.78, 5) is 15.5. The van der Waals surface area contributed by atoms with Crippen LogP contribution >= 0.6 is 11.3 Å². The van der Waals surface area contributed by atoms with E-state index in [0.29, 0.717) is 10.6 Å². The molecule has 0 unspecified atom stereocenters. The van der Waals surface area contributed by atoms with Gasteiger partial charge in [-0.3, -0.25) is 10.1 Å². The third kappa shape index (κ3) is 2.73. The molecule has 0 saturated carbocycles. The molecule has 1 aromatic heterocycles. The van der Waals surface area contributed by atoms with Crippen molar-refractivity contribution in [3.63, 3.8) is 0 Å². The van der Waals surface area contributed by atoms with Crippen LogP contribution in [0, 0.1) is 35.3 Å². The van der Waals surface area contributed by atoms with E-state index in [-0.39, 0.29) is 5.69 Å². The second-order valence-electron chi connectivity index (χ2n) is 4.18. The van der Waals surface area contributed by atoms with Crippen molar-refractivity contribution in [2.24, 2.45) is 4.99 Å². The SMILES string of the molecule is Cc1sc(N=Cc2ccc([N+](=O)[O-])cc2)c(C#N)c1C.